The first-order valence-corrected chi connectivity index (χ1v) is 5.23. The van der Waals surface area contributed by atoms with E-state index in [9.17, 15) is 4.79 Å². The van der Waals surface area contributed by atoms with Gasteiger partial charge in [0.25, 0.3) is 0 Å². The third-order valence-corrected chi connectivity index (χ3v) is 2.23. The van der Waals surface area contributed by atoms with Crippen LogP contribution in [0.5, 0.6) is 5.75 Å². The summed E-state index contributed by atoms with van der Waals surface area (Å²) in [5.74, 6) is 0.403. The van der Waals surface area contributed by atoms with Crippen molar-refractivity contribution in [2.24, 2.45) is 5.73 Å². The molecule has 17 heavy (non-hydrogen) atoms. The molecule has 1 aromatic carbocycles. The van der Waals surface area contributed by atoms with Crippen molar-refractivity contribution in [2.45, 2.75) is 19.4 Å². The molecule has 0 bridgehead atoms. The first kappa shape index (κ1) is 15.7. The number of ether oxygens (including phenoxy) is 2. The Balaban J connectivity index is 0.00000256. The Bertz CT molecular complexity index is 357. The zero-order valence-corrected chi connectivity index (χ0v) is 10.8. The van der Waals surface area contributed by atoms with Crippen LogP contribution in [0.15, 0.2) is 24.3 Å². The maximum atomic E-state index is 11.1. The van der Waals surface area contributed by atoms with Crippen molar-refractivity contribution in [3.63, 3.8) is 0 Å². The number of rotatable bonds is 5. The molecule has 2 N–H and O–H groups in total. The Morgan fingerprint density at radius 3 is 2.65 bits per heavy atom. The Kier molecular flexibility index (Phi) is 7.34. The van der Waals surface area contributed by atoms with Crippen LogP contribution in [-0.2, 0) is 9.53 Å². The predicted octanol–water partition coefficient (Wildman–Crippen LogP) is 2.07. The molecule has 96 valence electrons. The number of hydrogen-bond donors (Lipinski definition) is 1. The summed E-state index contributed by atoms with van der Waals surface area (Å²) in [6.07, 6.45) is 0.153. The fraction of sp³-hybridized carbons (Fsp3) is 0.417. The molecule has 1 atom stereocenters. The molecule has 0 fully saturated rings. The van der Waals surface area contributed by atoms with Gasteiger partial charge in [-0.25, -0.2) is 0 Å². The van der Waals surface area contributed by atoms with Gasteiger partial charge >= 0.3 is 5.97 Å². The average molecular weight is 260 g/mol. The Labute approximate surface area is 108 Å². The molecule has 0 heterocycles. The second kappa shape index (κ2) is 7.92. The van der Waals surface area contributed by atoms with Crippen molar-refractivity contribution in [1.29, 1.82) is 0 Å². The van der Waals surface area contributed by atoms with Crippen LogP contribution in [-0.4, -0.2) is 19.7 Å². The van der Waals surface area contributed by atoms with Gasteiger partial charge in [-0.2, -0.15) is 0 Å². The summed E-state index contributed by atoms with van der Waals surface area (Å²) in [7, 11) is 1.35. The fourth-order valence-electron chi connectivity index (χ4n) is 1.45. The molecule has 0 aliphatic heterocycles. The van der Waals surface area contributed by atoms with Crippen LogP contribution in [0.25, 0.3) is 0 Å². The maximum Gasteiger partial charge on any atom is 0.307 e. The molecule has 1 rings (SSSR count). The number of carbonyl (C=O) groups excluding carboxylic acids is 1. The third kappa shape index (κ3) is 4.63. The highest BCUT2D eigenvalue weighted by Gasteiger charge is 2.15. The normalized spacial score (nSPS) is 11.2. The lowest BCUT2D eigenvalue weighted by atomic mass is 10.0. The second-order valence-electron chi connectivity index (χ2n) is 3.36. The van der Waals surface area contributed by atoms with Gasteiger partial charge in [0.05, 0.1) is 20.1 Å². The van der Waals surface area contributed by atoms with E-state index >= 15 is 0 Å². The molecule has 0 aliphatic rings. The molecule has 5 heteroatoms. The first-order valence-electron chi connectivity index (χ1n) is 5.23. The number of methoxy groups -OCH3 is 1. The van der Waals surface area contributed by atoms with E-state index < -0.39 is 6.04 Å². The number of nitrogens with two attached hydrogens (primary N) is 1. The summed E-state index contributed by atoms with van der Waals surface area (Å²) in [4.78, 5) is 11.1. The van der Waals surface area contributed by atoms with Crippen LogP contribution in [0.3, 0.4) is 0 Å². The van der Waals surface area contributed by atoms with Crippen molar-refractivity contribution in [3.8, 4) is 5.75 Å². The smallest absolute Gasteiger partial charge is 0.307 e. The summed E-state index contributed by atoms with van der Waals surface area (Å²) < 4.78 is 10.0. The van der Waals surface area contributed by atoms with Crippen molar-refractivity contribution in [1.82, 2.24) is 0 Å². The molecular weight excluding hydrogens is 242 g/mol. The highest BCUT2D eigenvalue weighted by molar-refractivity contribution is 5.85. The second-order valence-corrected chi connectivity index (χ2v) is 3.36. The van der Waals surface area contributed by atoms with Gasteiger partial charge in [-0.05, 0) is 13.0 Å². The summed E-state index contributed by atoms with van der Waals surface area (Å²) in [6.45, 7) is 2.48. The standard InChI is InChI=1S/C12H17NO3.ClH/c1-3-16-11-7-5-4-6-9(11)10(13)8-12(14)15-2;/h4-7,10H,3,8,13H2,1-2H3;1H/t10-;/m1./s1. The topological polar surface area (TPSA) is 61.5 Å². The van der Waals surface area contributed by atoms with Crippen LogP contribution in [0, 0.1) is 0 Å². The van der Waals surface area contributed by atoms with Crippen LogP contribution in [0.2, 0.25) is 0 Å². The highest BCUT2D eigenvalue weighted by Crippen LogP contribution is 2.25. The number of para-hydroxylation sites is 1. The van der Waals surface area contributed by atoms with Crippen molar-refractivity contribution in [3.05, 3.63) is 29.8 Å². The zero-order chi connectivity index (χ0) is 12.0. The number of carbonyl (C=O) groups is 1. The molecule has 1 aromatic rings. The molecule has 0 aliphatic carbocycles. The van der Waals surface area contributed by atoms with E-state index in [0.717, 1.165) is 11.3 Å². The van der Waals surface area contributed by atoms with Gasteiger partial charge in [-0.1, -0.05) is 18.2 Å². The first-order chi connectivity index (χ1) is 7.69. The molecule has 0 radical (unpaired) electrons. The molecule has 0 saturated heterocycles. The van der Waals surface area contributed by atoms with Gasteiger partial charge in [0.1, 0.15) is 5.75 Å². The quantitative estimate of drug-likeness (QED) is 0.823. The van der Waals surface area contributed by atoms with Crippen molar-refractivity contribution >= 4 is 18.4 Å². The Morgan fingerprint density at radius 2 is 2.06 bits per heavy atom. The SMILES string of the molecule is CCOc1ccccc1[C@H](N)CC(=O)OC.Cl. The van der Waals surface area contributed by atoms with Gasteiger partial charge < -0.3 is 15.2 Å². The summed E-state index contributed by atoms with van der Waals surface area (Å²) in [5.41, 5.74) is 6.75. The van der Waals surface area contributed by atoms with E-state index in [4.69, 9.17) is 10.5 Å². The molecule has 4 nitrogen and oxygen atoms in total. The largest absolute Gasteiger partial charge is 0.494 e. The van der Waals surface area contributed by atoms with Crippen molar-refractivity contribution in [2.75, 3.05) is 13.7 Å². The van der Waals surface area contributed by atoms with E-state index in [1.807, 2.05) is 31.2 Å². The lowest BCUT2D eigenvalue weighted by Gasteiger charge is -2.15. The van der Waals surface area contributed by atoms with Crippen LogP contribution >= 0.6 is 12.4 Å². The number of hydrogen-bond acceptors (Lipinski definition) is 4. The van der Waals surface area contributed by atoms with Gasteiger partial charge in [0, 0.05) is 11.6 Å². The van der Waals surface area contributed by atoms with E-state index in [1.54, 1.807) is 0 Å². The number of benzene rings is 1. The lowest BCUT2D eigenvalue weighted by Crippen LogP contribution is -2.17. The molecule has 0 unspecified atom stereocenters. The molecule has 0 spiro atoms. The van der Waals surface area contributed by atoms with E-state index in [2.05, 4.69) is 4.74 Å². The Morgan fingerprint density at radius 1 is 1.41 bits per heavy atom. The molecule has 0 aromatic heterocycles. The Hall–Kier alpha value is -1.26. The molecule has 0 saturated carbocycles. The van der Waals surface area contributed by atoms with Gasteiger partial charge in [0.15, 0.2) is 0 Å². The minimum absolute atomic E-state index is 0. The fourth-order valence-corrected chi connectivity index (χ4v) is 1.45. The minimum atomic E-state index is -0.393. The zero-order valence-electron chi connectivity index (χ0n) is 10.0. The van der Waals surface area contributed by atoms with Gasteiger partial charge in [-0.3, -0.25) is 4.79 Å². The summed E-state index contributed by atoms with van der Waals surface area (Å²) in [5, 5.41) is 0. The third-order valence-electron chi connectivity index (χ3n) is 2.23. The monoisotopic (exact) mass is 259 g/mol. The van der Waals surface area contributed by atoms with E-state index in [1.165, 1.54) is 7.11 Å². The number of halogens is 1. The molecular formula is C12H18ClNO3. The average Bonchev–Trinajstić information content (AvgIpc) is 2.30. The van der Waals surface area contributed by atoms with E-state index in [-0.39, 0.29) is 24.8 Å². The van der Waals surface area contributed by atoms with Crippen LogP contribution in [0.4, 0.5) is 0 Å². The maximum absolute atomic E-state index is 11.1. The summed E-state index contributed by atoms with van der Waals surface area (Å²) in [6, 6.07) is 7.05. The van der Waals surface area contributed by atoms with Gasteiger partial charge in [-0.15, -0.1) is 12.4 Å². The molecule has 0 amide bonds. The van der Waals surface area contributed by atoms with Crippen LogP contribution < -0.4 is 10.5 Å². The minimum Gasteiger partial charge on any atom is -0.494 e. The van der Waals surface area contributed by atoms with E-state index in [0.29, 0.717) is 6.61 Å². The van der Waals surface area contributed by atoms with Gasteiger partial charge in [0.2, 0.25) is 0 Å². The highest BCUT2D eigenvalue weighted by atomic mass is 35.5. The van der Waals surface area contributed by atoms with Crippen LogP contribution in [0.1, 0.15) is 24.9 Å². The predicted molar refractivity (Wildman–Crippen MR) is 68.4 cm³/mol. The number of esters is 1. The summed E-state index contributed by atoms with van der Waals surface area (Å²) >= 11 is 0. The van der Waals surface area contributed by atoms with Crippen molar-refractivity contribution < 1.29 is 14.3 Å². The lowest BCUT2D eigenvalue weighted by molar-refractivity contribution is -0.141.